The van der Waals surface area contributed by atoms with E-state index in [1.165, 1.54) is 6.07 Å². The van der Waals surface area contributed by atoms with Crippen LogP contribution in [0.2, 0.25) is 0 Å². The fourth-order valence-corrected chi connectivity index (χ4v) is 1.95. The third-order valence-corrected chi connectivity index (χ3v) is 2.77. The molecule has 0 aromatic heterocycles. The first-order valence-corrected chi connectivity index (χ1v) is 5.34. The lowest BCUT2D eigenvalue weighted by molar-refractivity contribution is 0.0688. The Balaban J connectivity index is 2.12. The van der Waals surface area contributed by atoms with E-state index >= 15 is 0 Å². The van der Waals surface area contributed by atoms with Crippen LogP contribution in [0.1, 0.15) is 29.6 Å². The van der Waals surface area contributed by atoms with Gasteiger partial charge in [0.25, 0.3) is 0 Å². The number of carboxylic acid groups (broad SMARTS) is 1. The van der Waals surface area contributed by atoms with Gasteiger partial charge in [0, 0.05) is 6.42 Å². The molecule has 86 valence electrons. The molecule has 2 unspecified atom stereocenters. The van der Waals surface area contributed by atoms with E-state index < -0.39 is 5.97 Å². The predicted octanol–water partition coefficient (Wildman–Crippen LogP) is 1.68. The normalized spacial score (nSPS) is 24.3. The maximum absolute atomic E-state index is 10.9. The Kier molecular flexibility index (Phi) is 3.10. The number of ether oxygens (including phenoxy) is 1. The molecule has 0 spiro atoms. The molecule has 1 aromatic rings. The van der Waals surface area contributed by atoms with Crippen LogP contribution < -0.4 is 4.74 Å². The minimum atomic E-state index is -0.992. The van der Waals surface area contributed by atoms with Crippen LogP contribution in [-0.2, 0) is 0 Å². The summed E-state index contributed by atoms with van der Waals surface area (Å²) in [5, 5.41) is 18.3. The topological polar surface area (TPSA) is 66.8 Å². The second kappa shape index (κ2) is 4.53. The molecule has 1 aliphatic carbocycles. The molecule has 1 fully saturated rings. The summed E-state index contributed by atoms with van der Waals surface area (Å²) < 4.78 is 5.60. The third-order valence-electron chi connectivity index (χ3n) is 2.77. The van der Waals surface area contributed by atoms with E-state index in [0.29, 0.717) is 12.2 Å². The van der Waals surface area contributed by atoms with Gasteiger partial charge in [-0.3, -0.25) is 0 Å². The van der Waals surface area contributed by atoms with Crippen molar-refractivity contribution in [3.8, 4) is 5.75 Å². The van der Waals surface area contributed by atoms with Gasteiger partial charge in [0.1, 0.15) is 17.4 Å². The number of carbonyl (C=O) groups is 1. The van der Waals surface area contributed by atoms with Crippen LogP contribution in [0.3, 0.4) is 0 Å². The van der Waals surface area contributed by atoms with Crippen LogP contribution in [0.25, 0.3) is 0 Å². The maximum Gasteiger partial charge on any atom is 0.339 e. The lowest BCUT2D eigenvalue weighted by Gasteiger charge is -2.14. The molecule has 0 aliphatic heterocycles. The first-order chi connectivity index (χ1) is 7.66. The van der Waals surface area contributed by atoms with Gasteiger partial charge < -0.3 is 14.9 Å². The molecule has 16 heavy (non-hydrogen) atoms. The van der Waals surface area contributed by atoms with Crippen molar-refractivity contribution in [1.29, 1.82) is 0 Å². The average molecular weight is 222 g/mol. The molecule has 0 bridgehead atoms. The summed E-state index contributed by atoms with van der Waals surface area (Å²) >= 11 is 0. The number of rotatable bonds is 3. The van der Waals surface area contributed by atoms with E-state index in [-0.39, 0.29) is 17.8 Å². The summed E-state index contributed by atoms with van der Waals surface area (Å²) in [7, 11) is 0. The van der Waals surface area contributed by atoms with Crippen molar-refractivity contribution in [3.63, 3.8) is 0 Å². The van der Waals surface area contributed by atoms with Gasteiger partial charge >= 0.3 is 5.97 Å². The van der Waals surface area contributed by atoms with Crippen LogP contribution in [0.5, 0.6) is 5.75 Å². The van der Waals surface area contributed by atoms with Gasteiger partial charge in [-0.1, -0.05) is 12.1 Å². The summed E-state index contributed by atoms with van der Waals surface area (Å²) in [6.45, 7) is 0. The van der Waals surface area contributed by atoms with Crippen molar-refractivity contribution in [2.24, 2.45) is 0 Å². The largest absolute Gasteiger partial charge is 0.489 e. The van der Waals surface area contributed by atoms with Crippen LogP contribution in [0, 0.1) is 0 Å². The Morgan fingerprint density at radius 2 is 2.06 bits per heavy atom. The fourth-order valence-electron chi connectivity index (χ4n) is 1.95. The number of hydrogen-bond acceptors (Lipinski definition) is 3. The smallest absolute Gasteiger partial charge is 0.339 e. The molecule has 0 heterocycles. The molecule has 1 aromatic carbocycles. The van der Waals surface area contributed by atoms with Gasteiger partial charge in [-0.25, -0.2) is 4.79 Å². The summed E-state index contributed by atoms with van der Waals surface area (Å²) in [6, 6.07) is 6.57. The minimum absolute atomic E-state index is 0.0736. The molecule has 1 saturated carbocycles. The van der Waals surface area contributed by atoms with E-state index in [2.05, 4.69) is 0 Å². The predicted molar refractivity (Wildman–Crippen MR) is 57.7 cm³/mol. The number of aliphatic hydroxyl groups excluding tert-OH is 1. The van der Waals surface area contributed by atoms with Gasteiger partial charge in [-0.15, -0.1) is 0 Å². The van der Waals surface area contributed by atoms with Crippen molar-refractivity contribution in [2.75, 3.05) is 0 Å². The van der Waals surface area contributed by atoms with Crippen LogP contribution >= 0.6 is 0 Å². The Labute approximate surface area is 93.5 Å². The third kappa shape index (κ3) is 2.33. The first kappa shape index (κ1) is 11.0. The second-order valence-corrected chi connectivity index (χ2v) is 4.01. The number of carboxylic acids is 1. The Morgan fingerprint density at radius 3 is 2.69 bits per heavy atom. The summed E-state index contributed by atoms with van der Waals surface area (Å²) in [5.41, 5.74) is 0.170. The van der Waals surface area contributed by atoms with Crippen LogP contribution in [-0.4, -0.2) is 28.4 Å². The van der Waals surface area contributed by atoms with Crippen molar-refractivity contribution < 1.29 is 19.7 Å². The minimum Gasteiger partial charge on any atom is -0.489 e. The number of benzene rings is 1. The highest BCUT2D eigenvalue weighted by Gasteiger charge is 2.25. The van der Waals surface area contributed by atoms with E-state index in [4.69, 9.17) is 9.84 Å². The van der Waals surface area contributed by atoms with Crippen molar-refractivity contribution in [2.45, 2.75) is 31.5 Å². The standard InChI is InChI=1S/C12H14O4/c13-8-5-6-9(7-8)16-11-4-2-1-3-10(11)12(14)15/h1-4,8-9,13H,5-7H2,(H,14,15). The highest BCUT2D eigenvalue weighted by molar-refractivity contribution is 5.90. The second-order valence-electron chi connectivity index (χ2n) is 4.01. The molecule has 4 nitrogen and oxygen atoms in total. The highest BCUT2D eigenvalue weighted by Crippen LogP contribution is 2.26. The van der Waals surface area contributed by atoms with Crippen LogP contribution in [0.15, 0.2) is 24.3 Å². The molecule has 0 saturated heterocycles. The average Bonchev–Trinajstić information content (AvgIpc) is 2.64. The summed E-state index contributed by atoms with van der Waals surface area (Å²) in [5.74, 6) is -0.608. The van der Waals surface area contributed by atoms with Gasteiger partial charge in [0.2, 0.25) is 0 Å². The lowest BCUT2D eigenvalue weighted by Crippen LogP contribution is -2.15. The molecule has 2 N–H and O–H groups in total. The van der Waals surface area contributed by atoms with E-state index in [0.717, 1.165) is 12.8 Å². The van der Waals surface area contributed by atoms with Crippen molar-refractivity contribution >= 4 is 5.97 Å². The van der Waals surface area contributed by atoms with Gasteiger partial charge in [-0.05, 0) is 25.0 Å². The number of aliphatic hydroxyl groups is 1. The van der Waals surface area contributed by atoms with Gasteiger partial charge in [-0.2, -0.15) is 0 Å². The quantitative estimate of drug-likeness (QED) is 0.816. The summed E-state index contributed by atoms with van der Waals surface area (Å²) in [4.78, 5) is 10.9. The first-order valence-electron chi connectivity index (χ1n) is 5.34. The number of para-hydroxylation sites is 1. The molecule has 0 amide bonds. The summed E-state index contributed by atoms with van der Waals surface area (Å²) in [6.07, 6.45) is 1.68. The Bertz CT molecular complexity index is 388. The van der Waals surface area contributed by atoms with Crippen molar-refractivity contribution in [1.82, 2.24) is 0 Å². The molecule has 0 radical (unpaired) electrons. The number of aromatic carboxylic acids is 1. The zero-order valence-electron chi connectivity index (χ0n) is 8.80. The molecule has 2 rings (SSSR count). The van der Waals surface area contributed by atoms with E-state index in [1.54, 1.807) is 18.2 Å². The maximum atomic E-state index is 10.9. The van der Waals surface area contributed by atoms with Gasteiger partial charge in [0.05, 0.1) is 6.10 Å². The monoisotopic (exact) mass is 222 g/mol. The molecule has 2 atom stereocenters. The molecule has 1 aliphatic rings. The number of hydrogen-bond donors (Lipinski definition) is 2. The van der Waals surface area contributed by atoms with E-state index in [1.807, 2.05) is 0 Å². The molecular formula is C12H14O4. The Morgan fingerprint density at radius 1 is 1.31 bits per heavy atom. The van der Waals surface area contributed by atoms with Crippen molar-refractivity contribution in [3.05, 3.63) is 29.8 Å². The SMILES string of the molecule is O=C(O)c1ccccc1OC1CCC(O)C1. The fraction of sp³-hybridized carbons (Fsp3) is 0.417. The molecule has 4 heteroatoms. The lowest BCUT2D eigenvalue weighted by atomic mass is 10.2. The zero-order valence-corrected chi connectivity index (χ0v) is 8.80. The van der Waals surface area contributed by atoms with Crippen LogP contribution in [0.4, 0.5) is 0 Å². The highest BCUT2D eigenvalue weighted by atomic mass is 16.5. The Hall–Kier alpha value is -1.55. The van der Waals surface area contributed by atoms with E-state index in [9.17, 15) is 9.90 Å². The molecular weight excluding hydrogens is 208 g/mol. The van der Waals surface area contributed by atoms with Gasteiger partial charge in [0.15, 0.2) is 0 Å². The zero-order chi connectivity index (χ0) is 11.5.